The number of amides is 1. The molecular weight excluding hydrogens is 517 g/mol. The van der Waals surface area contributed by atoms with Gasteiger partial charge in [0.05, 0.1) is 37.0 Å². The summed E-state index contributed by atoms with van der Waals surface area (Å²) in [7, 11) is 1.51. The SMILES string of the molecule is CCOc1ccc(/C(O)=C2/C(=O)C(=O)N(CCOC)C2c2ccc(OCc3ccc(F)cc3)cc2)c(OCC)c1. The topological polar surface area (TPSA) is 94.5 Å². The summed E-state index contributed by atoms with van der Waals surface area (Å²) in [4.78, 5) is 27.8. The van der Waals surface area contributed by atoms with Crippen molar-refractivity contribution in [2.24, 2.45) is 0 Å². The van der Waals surface area contributed by atoms with Crippen LogP contribution in [0.2, 0.25) is 0 Å². The van der Waals surface area contributed by atoms with Crippen molar-refractivity contribution < 1.29 is 38.0 Å². The average Bonchev–Trinajstić information content (AvgIpc) is 3.21. The zero-order chi connectivity index (χ0) is 28.6. The van der Waals surface area contributed by atoms with Gasteiger partial charge >= 0.3 is 0 Å². The maximum Gasteiger partial charge on any atom is 0.295 e. The van der Waals surface area contributed by atoms with E-state index >= 15 is 0 Å². The number of carbonyl (C=O) groups excluding carboxylic acids is 2. The predicted molar refractivity (Wildman–Crippen MR) is 147 cm³/mol. The normalized spacial score (nSPS) is 16.3. The lowest BCUT2D eigenvalue weighted by Gasteiger charge is -2.25. The fourth-order valence-corrected chi connectivity index (χ4v) is 4.52. The molecule has 8 nitrogen and oxygen atoms in total. The maximum absolute atomic E-state index is 13.3. The van der Waals surface area contributed by atoms with Crippen LogP contribution in [0.3, 0.4) is 0 Å². The second-order valence-corrected chi connectivity index (χ2v) is 8.99. The molecule has 3 aromatic rings. The van der Waals surface area contributed by atoms with Crippen LogP contribution in [-0.2, 0) is 20.9 Å². The Labute approximate surface area is 232 Å². The van der Waals surface area contributed by atoms with Crippen molar-refractivity contribution in [2.75, 3.05) is 33.5 Å². The van der Waals surface area contributed by atoms with E-state index in [0.29, 0.717) is 36.0 Å². The Morgan fingerprint density at radius 2 is 1.57 bits per heavy atom. The number of rotatable bonds is 12. The van der Waals surface area contributed by atoms with Gasteiger partial charge in [0.15, 0.2) is 0 Å². The third-order valence-electron chi connectivity index (χ3n) is 6.41. The fraction of sp³-hybridized carbons (Fsp3) is 0.290. The highest BCUT2D eigenvalue weighted by Gasteiger charge is 2.46. The molecule has 0 aromatic heterocycles. The standard InChI is InChI=1S/C31H32FNO7/c1-4-38-24-14-15-25(26(18-24)39-5-2)29(34)27-28(33(16-17-37-3)31(36)30(27)35)21-8-12-23(13-9-21)40-19-20-6-10-22(32)11-7-20/h6-15,18,28,34H,4-5,16-17,19H2,1-3H3/b29-27-. The highest BCUT2D eigenvalue weighted by Crippen LogP contribution is 2.41. The van der Waals surface area contributed by atoms with Gasteiger partial charge in [-0.25, -0.2) is 4.39 Å². The Morgan fingerprint density at radius 3 is 2.23 bits per heavy atom. The molecule has 1 atom stereocenters. The number of nitrogens with zero attached hydrogens (tertiary/aromatic N) is 1. The number of methoxy groups -OCH3 is 1. The van der Waals surface area contributed by atoms with E-state index in [1.807, 2.05) is 6.92 Å². The smallest absolute Gasteiger partial charge is 0.295 e. The lowest BCUT2D eigenvalue weighted by molar-refractivity contribution is -0.140. The predicted octanol–water partition coefficient (Wildman–Crippen LogP) is 5.27. The van der Waals surface area contributed by atoms with Crippen LogP contribution in [0.15, 0.2) is 72.3 Å². The van der Waals surface area contributed by atoms with Crippen molar-refractivity contribution in [1.82, 2.24) is 4.90 Å². The molecule has 3 aromatic carbocycles. The van der Waals surface area contributed by atoms with Crippen LogP contribution in [0.25, 0.3) is 5.76 Å². The maximum atomic E-state index is 13.3. The molecule has 1 saturated heterocycles. The highest BCUT2D eigenvalue weighted by atomic mass is 19.1. The van der Waals surface area contributed by atoms with E-state index in [-0.39, 0.29) is 42.5 Å². The molecule has 1 amide bonds. The minimum absolute atomic E-state index is 0.0498. The second kappa shape index (κ2) is 13.1. The Bertz CT molecular complexity index is 1370. The number of benzene rings is 3. The second-order valence-electron chi connectivity index (χ2n) is 8.99. The van der Waals surface area contributed by atoms with E-state index in [2.05, 4.69) is 0 Å². The minimum atomic E-state index is -0.859. The summed E-state index contributed by atoms with van der Waals surface area (Å²) in [6.45, 7) is 5.02. The van der Waals surface area contributed by atoms with Gasteiger partial charge < -0.3 is 29.0 Å². The lowest BCUT2D eigenvalue weighted by Crippen LogP contribution is -2.32. The van der Waals surface area contributed by atoms with Crippen molar-refractivity contribution in [3.05, 3.63) is 94.8 Å². The third-order valence-corrected chi connectivity index (χ3v) is 6.41. The van der Waals surface area contributed by atoms with Crippen molar-refractivity contribution in [3.63, 3.8) is 0 Å². The first-order valence-electron chi connectivity index (χ1n) is 13.0. The molecule has 0 bridgehead atoms. The van der Waals surface area contributed by atoms with E-state index in [1.54, 1.807) is 61.5 Å². The van der Waals surface area contributed by atoms with Gasteiger partial charge in [0.25, 0.3) is 11.7 Å². The van der Waals surface area contributed by atoms with Gasteiger partial charge in [-0.15, -0.1) is 0 Å². The van der Waals surface area contributed by atoms with Crippen LogP contribution in [0, 0.1) is 5.82 Å². The van der Waals surface area contributed by atoms with Gasteiger partial charge in [0.1, 0.15) is 35.4 Å². The first kappa shape index (κ1) is 28.6. The zero-order valence-corrected chi connectivity index (χ0v) is 22.7. The number of carbonyl (C=O) groups is 2. The average molecular weight is 550 g/mol. The number of hydrogen-bond donors (Lipinski definition) is 1. The molecule has 1 aliphatic rings. The van der Waals surface area contributed by atoms with Gasteiger partial charge in [0, 0.05) is 19.7 Å². The van der Waals surface area contributed by atoms with Crippen molar-refractivity contribution in [3.8, 4) is 17.2 Å². The summed E-state index contributed by atoms with van der Waals surface area (Å²) < 4.78 is 35.5. The van der Waals surface area contributed by atoms with Crippen LogP contribution >= 0.6 is 0 Å². The largest absolute Gasteiger partial charge is 0.507 e. The first-order valence-corrected chi connectivity index (χ1v) is 13.0. The molecule has 0 saturated carbocycles. The lowest BCUT2D eigenvalue weighted by atomic mass is 9.95. The molecule has 1 aliphatic heterocycles. The Balaban J connectivity index is 1.71. The summed E-state index contributed by atoms with van der Waals surface area (Å²) in [6, 6.07) is 17.0. The summed E-state index contributed by atoms with van der Waals surface area (Å²) in [5.41, 5.74) is 1.64. The first-order chi connectivity index (χ1) is 19.4. The van der Waals surface area contributed by atoms with Gasteiger partial charge in [0.2, 0.25) is 0 Å². The minimum Gasteiger partial charge on any atom is -0.507 e. The monoisotopic (exact) mass is 549 g/mol. The van der Waals surface area contributed by atoms with E-state index < -0.39 is 17.7 Å². The molecule has 40 heavy (non-hydrogen) atoms. The molecule has 1 fully saturated rings. The molecule has 0 radical (unpaired) electrons. The van der Waals surface area contributed by atoms with Crippen molar-refractivity contribution in [2.45, 2.75) is 26.5 Å². The number of Topliss-reactive ketones (excluding diaryl/α,β-unsaturated/α-hetero) is 1. The summed E-state index contributed by atoms with van der Waals surface area (Å²) in [5.74, 6) is -0.764. The van der Waals surface area contributed by atoms with E-state index in [1.165, 1.54) is 24.1 Å². The quantitative estimate of drug-likeness (QED) is 0.187. The van der Waals surface area contributed by atoms with Gasteiger partial charge in [-0.3, -0.25) is 9.59 Å². The van der Waals surface area contributed by atoms with Crippen molar-refractivity contribution in [1.29, 1.82) is 0 Å². The van der Waals surface area contributed by atoms with Gasteiger partial charge in [-0.1, -0.05) is 24.3 Å². The molecule has 0 spiro atoms. The van der Waals surface area contributed by atoms with Crippen molar-refractivity contribution >= 4 is 17.4 Å². The van der Waals surface area contributed by atoms with Crippen LogP contribution in [0.5, 0.6) is 17.2 Å². The Morgan fingerprint density at radius 1 is 0.900 bits per heavy atom. The molecule has 9 heteroatoms. The molecule has 1 N–H and O–H groups in total. The van der Waals surface area contributed by atoms with E-state index in [4.69, 9.17) is 18.9 Å². The molecule has 1 heterocycles. The summed E-state index contributed by atoms with van der Waals surface area (Å²) >= 11 is 0. The molecule has 4 rings (SSSR count). The summed E-state index contributed by atoms with van der Waals surface area (Å²) in [6.07, 6.45) is 0. The zero-order valence-electron chi connectivity index (χ0n) is 22.7. The number of ether oxygens (including phenoxy) is 4. The van der Waals surface area contributed by atoms with Gasteiger partial charge in [-0.05, 0) is 61.4 Å². The number of halogens is 1. The third kappa shape index (κ3) is 6.26. The fourth-order valence-electron chi connectivity index (χ4n) is 4.52. The number of hydrogen-bond acceptors (Lipinski definition) is 7. The Hall–Kier alpha value is -4.37. The molecule has 0 aliphatic carbocycles. The van der Waals surface area contributed by atoms with E-state index in [9.17, 15) is 19.1 Å². The number of aliphatic hydroxyl groups is 1. The number of likely N-dealkylation sites (tertiary alicyclic amines) is 1. The van der Waals surface area contributed by atoms with E-state index in [0.717, 1.165) is 5.56 Å². The van der Waals surface area contributed by atoms with Crippen LogP contribution in [0.4, 0.5) is 4.39 Å². The number of aliphatic hydroxyl groups excluding tert-OH is 1. The highest BCUT2D eigenvalue weighted by molar-refractivity contribution is 6.46. The molecule has 1 unspecified atom stereocenters. The summed E-state index contributed by atoms with van der Waals surface area (Å²) in [5, 5.41) is 11.5. The van der Waals surface area contributed by atoms with Crippen LogP contribution in [-0.4, -0.2) is 55.2 Å². The number of ketones is 1. The molecular formula is C31H32FNO7. The Kier molecular flexibility index (Phi) is 9.39. The van der Waals surface area contributed by atoms with Crippen LogP contribution in [0.1, 0.15) is 36.6 Å². The van der Waals surface area contributed by atoms with Gasteiger partial charge in [-0.2, -0.15) is 0 Å². The molecule has 210 valence electrons. The van der Waals surface area contributed by atoms with Crippen LogP contribution < -0.4 is 14.2 Å².